The van der Waals surface area contributed by atoms with Crippen molar-refractivity contribution in [3.63, 3.8) is 0 Å². The molecule has 16 heavy (non-hydrogen) atoms. The van der Waals surface area contributed by atoms with Crippen LogP contribution in [0.5, 0.6) is 0 Å². The van der Waals surface area contributed by atoms with E-state index in [0.29, 0.717) is 16.5 Å². The molecule has 0 radical (unpaired) electrons. The van der Waals surface area contributed by atoms with E-state index in [-0.39, 0.29) is 6.42 Å². The van der Waals surface area contributed by atoms with Gasteiger partial charge in [0.1, 0.15) is 5.82 Å². The van der Waals surface area contributed by atoms with Gasteiger partial charge >= 0.3 is 5.97 Å². The summed E-state index contributed by atoms with van der Waals surface area (Å²) in [5, 5.41) is 9.21. The Morgan fingerprint density at radius 1 is 1.44 bits per heavy atom. The third kappa shape index (κ3) is 2.23. The molecule has 0 aliphatic carbocycles. The largest absolute Gasteiger partial charge is 0.481 e. The fourth-order valence-electron chi connectivity index (χ4n) is 1.40. The van der Waals surface area contributed by atoms with E-state index in [1.54, 1.807) is 6.07 Å². The Morgan fingerprint density at radius 2 is 2.19 bits per heavy atom. The molecule has 4 nitrogen and oxygen atoms in total. The molecule has 5 heteroatoms. The molecule has 1 aromatic heterocycles. The molecule has 0 saturated carbocycles. The first-order valence-electron chi connectivity index (χ1n) is 4.67. The van der Waals surface area contributed by atoms with E-state index in [1.807, 2.05) is 18.2 Å². The van der Waals surface area contributed by atoms with Crippen molar-refractivity contribution in [2.24, 2.45) is 0 Å². The van der Waals surface area contributed by atoms with Crippen LogP contribution in [-0.4, -0.2) is 21.0 Å². The molecule has 0 amide bonds. The van der Waals surface area contributed by atoms with Gasteiger partial charge < -0.3 is 10.1 Å². The number of nitrogens with zero attached hydrogens (tertiary/aromatic N) is 1. The van der Waals surface area contributed by atoms with E-state index in [4.69, 9.17) is 16.7 Å². The van der Waals surface area contributed by atoms with Crippen LogP contribution in [-0.2, 0) is 11.2 Å². The fraction of sp³-hybridized carbons (Fsp3) is 0.0909. The lowest BCUT2D eigenvalue weighted by Gasteiger charge is -1.99. The third-order valence-corrected chi connectivity index (χ3v) is 2.43. The average molecular weight is 237 g/mol. The summed E-state index contributed by atoms with van der Waals surface area (Å²) in [6.45, 7) is 0. The van der Waals surface area contributed by atoms with E-state index < -0.39 is 5.97 Å². The van der Waals surface area contributed by atoms with Gasteiger partial charge in [0.25, 0.3) is 0 Å². The van der Waals surface area contributed by atoms with Crippen LogP contribution in [0.4, 0.5) is 0 Å². The van der Waals surface area contributed by atoms with Crippen molar-refractivity contribution in [1.82, 2.24) is 9.97 Å². The molecule has 1 heterocycles. The molecular weight excluding hydrogens is 228 g/mol. The van der Waals surface area contributed by atoms with Gasteiger partial charge in [-0.1, -0.05) is 23.7 Å². The Balaban J connectivity index is 2.32. The standard InChI is InChI=1S/C11H9ClN2O2/c12-9-4-2-1-3-8(9)11-13-6-7(14-11)5-10(15)16/h1-4,6H,5H2,(H,13,14)(H,15,16). The number of aliphatic carboxylic acids is 1. The molecule has 0 saturated heterocycles. The molecule has 0 aliphatic heterocycles. The van der Waals surface area contributed by atoms with Crippen LogP contribution < -0.4 is 0 Å². The minimum absolute atomic E-state index is 0.0720. The zero-order valence-electron chi connectivity index (χ0n) is 8.27. The highest BCUT2D eigenvalue weighted by atomic mass is 35.5. The lowest BCUT2D eigenvalue weighted by Crippen LogP contribution is -1.99. The van der Waals surface area contributed by atoms with Crippen molar-refractivity contribution in [2.75, 3.05) is 0 Å². The number of carboxylic acid groups (broad SMARTS) is 1. The Morgan fingerprint density at radius 3 is 2.88 bits per heavy atom. The van der Waals surface area contributed by atoms with E-state index in [2.05, 4.69) is 9.97 Å². The number of H-pyrrole nitrogens is 1. The number of hydrogen-bond acceptors (Lipinski definition) is 2. The summed E-state index contributed by atoms with van der Waals surface area (Å²) in [6.07, 6.45) is 1.43. The lowest BCUT2D eigenvalue weighted by molar-refractivity contribution is -0.136. The van der Waals surface area contributed by atoms with Gasteiger partial charge in [0, 0.05) is 17.5 Å². The van der Waals surface area contributed by atoms with E-state index in [9.17, 15) is 4.79 Å². The molecule has 0 unspecified atom stereocenters. The lowest BCUT2D eigenvalue weighted by atomic mass is 10.2. The van der Waals surface area contributed by atoms with Crippen molar-refractivity contribution < 1.29 is 9.90 Å². The van der Waals surface area contributed by atoms with Gasteiger partial charge in [-0.05, 0) is 12.1 Å². The van der Waals surface area contributed by atoms with Crippen molar-refractivity contribution in [3.8, 4) is 11.4 Å². The molecular formula is C11H9ClN2O2. The van der Waals surface area contributed by atoms with Gasteiger partial charge in [-0.3, -0.25) is 4.79 Å². The topological polar surface area (TPSA) is 66.0 Å². The maximum absolute atomic E-state index is 10.5. The Labute approximate surface area is 96.9 Å². The minimum Gasteiger partial charge on any atom is -0.481 e. The van der Waals surface area contributed by atoms with Crippen molar-refractivity contribution >= 4 is 17.6 Å². The predicted molar refractivity (Wildman–Crippen MR) is 60.4 cm³/mol. The maximum atomic E-state index is 10.5. The number of carboxylic acids is 1. The van der Waals surface area contributed by atoms with E-state index in [1.165, 1.54) is 6.20 Å². The molecule has 0 fully saturated rings. The van der Waals surface area contributed by atoms with E-state index in [0.717, 1.165) is 5.56 Å². The third-order valence-electron chi connectivity index (χ3n) is 2.10. The van der Waals surface area contributed by atoms with Gasteiger partial charge in [0.05, 0.1) is 11.4 Å². The number of halogens is 1. The van der Waals surface area contributed by atoms with Gasteiger partial charge in [-0.15, -0.1) is 0 Å². The smallest absolute Gasteiger partial charge is 0.309 e. The molecule has 82 valence electrons. The molecule has 2 N–H and O–H groups in total. The number of hydrogen-bond donors (Lipinski definition) is 2. The number of aromatic nitrogens is 2. The average Bonchev–Trinajstić information content (AvgIpc) is 2.66. The summed E-state index contributed by atoms with van der Waals surface area (Å²) in [6, 6.07) is 7.26. The van der Waals surface area contributed by atoms with Crippen LogP contribution in [0.3, 0.4) is 0 Å². The second-order valence-corrected chi connectivity index (χ2v) is 3.71. The van der Waals surface area contributed by atoms with Gasteiger partial charge in [-0.25, -0.2) is 4.98 Å². The van der Waals surface area contributed by atoms with Crippen LogP contribution in [0.2, 0.25) is 5.02 Å². The number of nitrogens with one attached hydrogen (secondary N) is 1. The molecule has 1 aromatic carbocycles. The zero-order chi connectivity index (χ0) is 11.5. The molecule has 0 atom stereocenters. The summed E-state index contributed by atoms with van der Waals surface area (Å²) in [5.41, 5.74) is 1.32. The number of rotatable bonds is 3. The summed E-state index contributed by atoms with van der Waals surface area (Å²) in [7, 11) is 0. The normalized spacial score (nSPS) is 10.3. The summed E-state index contributed by atoms with van der Waals surface area (Å²) in [4.78, 5) is 17.5. The summed E-state index contributed by atoms with van der Waals surface area (Å²) < 4.78 is 0. The van der Waals surface area contributed by atoms with Gasteiger partial charge in [-0.2, -0.15) is 0 Å². The highest BCUT2D eigenvalue weighted by molar-refractivity contribution is 6.33. The minimum atomic E-state index is -0.894. The zero-order valence-corrected chi connectivity index (χ0v) is 9.03. The first kappa shape index (κ1) is 10.7. The van der Waals surface area contributed by atoms with Crippen LogP contribution in [0, 0.1) is 0 Å². The number of aromatic amines is 1. The first-order valence-corrected chi connectivity index (χ1v) is 5.05. The monoisotopic (exact) mass is 236 g/mol. The quantitative estimate of drug-likeness (QED) is 0.860. The first-order chi connectivity index (χ1) is 7.66. The molecule has 2 aromatic rings. The molecule has 0 bridgehead atoms. The summed E-state index contributed by atoms with van der Waals surface area (Å²) in [5.74, 6) is -0.309. The van der Waals surface area contributed by atoms with Gasteiger partial charge in [0.15, 0.2) is 0 Å². The molecule has 0 aliphatic rings. The second-order valence-electron chi connectivity index (χ2n) is 3.31. The Kier molecular flexibility index (Phi) is 2.92. The molecule has 2 rings (SSSR count). The second kappa shape index (κ2) is 4.37. The molecule has 0 spiro atoms. The highest BCUT2D eigenvalue weighted by Crippen LogP contribution is 2.24. The van der Waals surface area contributed by atoms with Crippen LogP contribution in [0.1, 0.15) is 5.69 Å². The number of benzene rings is 1. The van der Waals surface area contributed by atoms with Crippen LogP contribution >= 0.6 is 11.6 Å². The Bertz CT molecular complexity index is 522. The van der Waals surface area contributed by atoms with Gasteiger partial charge in [0.2, 0.25) is 0 Å². The predicted octanol–water partition coefficient (Wildman–Crippen LogP) is 2.36. The fourth-order valence-corrected chi connectivity index (χ4v) is 1.63. The Hall–Kier alpha value is -1.81. The van der Waals surface area contributed by atoms with E-state index >= 15 is 0 Å². The summed E-state index contributed by atoms with van der Waals surface area (Å²) >= 11 is 6.00. The number of imidazole rings is 1. The number of carbonyl (C=O) groups is 1. The highest BCUT2D eigenvalue weighted by Gasteiger charge is 2.08. The van der Waals surface area contributed by atoms with Crippen molar-refractivity contribution in [2.45, 2.75) is 6.42 Å². The van der Waals surface area contributed by atoms with Crippen LogP contribution in [0.25, 0.3) is 11.4 Å². The van der Waals surface area contributed by atoms with Crippen molar-refractivity contribution in [1.29, 1.82) is 0 Å². The maximum Gasteiger partial charge on any atom is 0.309 e. The van der Waals surface area contributed by atoms with Crippen molar-refractivity contribution in [3.05, 3.63) is 41.2 Å². The van der Waals surface area contributed by atoms with Crippen LogP contribution in [0.15, 0.2) is 30.5 Å². The SMILES string of the molecule is O=C(O)Cc1cnc(-c2ccccc2Cl)[nH]1.